The summed E-state index contributed by atoms with van der Waals surface area (Å²) in [5.41, 5.74) is 3.06. The predicted molar refractivity (Wildman–Crippen MR) is 106 cm³/mol. The summed E-state index contributed by atoms with van der Waals surface area (Å²) in [4.78, 5) is 19.9. The minimum absolute atomic E-state index is 0.0219. The lowest BCUT2D eigenvalue weighted by molar-refractivity contribution is -0.119. The Hall–Kier alpha value is -2.47. The van der Waals surface area contributed by atoms with Gasteiger partial charge in [-0.3, -0.25) is 4.79 Å². The van der Waals surface area contributed by atoms with E-state index in [1.807, 2.05) is 43.3 Å². The van der Waals surface area contributed by atoms with Crippen molar-refractivity contribution >= 4 is 28.7 Å². The number of aromatic nitrogens is 2. The summed E-state index contributed by atoms with van der Waals surface area (Å²) in [6.45, 7) is 2.04. The number of ether oxygens (including phenoxy) is 1. The van der Waals surface area contributed by atoms with Crippen molar-refractivity contribution in [3.05, 3.63) is 54.1 Å². The molecule has 0 aliphatic rings. The number of H-pyrrole nitrogens is 1. The average molecular weight is 369 g/mol. The van der Waals surface area contributed by atoms with Crippen LogP contribution in [0.5, 0.6) is 5.75 Å². The Labute approximate surface area is 157 Å². The molecule has 0 unspecified atom stereocenters. The van der Waals surface area contributed by atoms with E-state index >= 15 is 0 Å². The maximum Gasteiger partial charge on any atom is 0.230 e. The van der Waals surface area contributed by atoms with Crippen molar-refractivity contribution in [3.63, 3.8) is 0 Å². The summed E-state index contributed by atoms with van der Waals surface area (Å²) < 4.78 is 5.21. The van der Waals surface area contributed by atoms with Crippen LogP contribution in [0.25, 0.3) is 11.0 Å². The zero-order chi connectivity index (χ0) is 18.4. The first-order valence-corrected chi connectivity index (χ1v) is 9.62. The number of aromatic amines is 1. The fraction of sp³-hybridized carbons (Fsp3) is 0.300. The van der Waals surface area contributed by atoms with E-state index in [9.17, 15) is 4.79 Å². The summed E-state index contributed by atoms with van der Waals surface area (Å²) in [5.74, 6) is 1.14. The summed E-state index contributed by atoms with van der Waals surface area (Å²) in [5, 5.41) is 3.79. The molecule has 3 aromatic rings. The van der Waals surface area contributed by atoms with Gasteiger partial charge in [0, 0.05) is 12.1 Å². The molecule has 1 heterocycles. The van der Waals surface area contributed by atoms with Gasteiger partial charge in [-0.05, 0) is 37.5 Å². The van der Waals surface area contributed by atoms with Crippen LogP contribution in [-0.2, 0) is 11.2 Å². The summed E-state index contributed by atoms with van der Waals surface area (Å²) >= 11 is 1.40. The second-order valence-corrected chi connectivity index (χ2v) is 7.17. The maximum atomic E-state index is 12.2. The van der Waals surface area contributed by atoms with Crippen molar-refractivity contribution in [2.75, 3.05) is 12.9 Å². The minimum atomic E-state index is 0.0219. The van der Waals surface area contributed by atoms with Gasteiger partial charge in [0.2, 0.25) is 5.91 Å². The van der Waals surface area contributed by atoms with Gasteiger partial charge >= 0.3 is 0 Å². The van der Waals surface area contributed by atoms with Gasteiger partial charge in [0.25, 0.3) is 0 Å². The highest BCUT2D eigenvalue weighted by molar-refractivity contribution is 7.99. The fourth-order valence-corrected chi connectivity index (χ4v) is 3.41. The Morgan fingerprint density at radius 3 is 2.85 bits per heavy atom. The second kappa shape index (κ2) is 8.76. The molecule has 136 valence electrons. The molecular weight excluding hydrogens is 346 g/mol. The number of rotatable bonds is 8. The third kappa shape index (κ3) is 5.02. The number of hydrogen-bond acceptors (Lipinski definition) is 4. The topological polar surface area (TPSA) is 67.0 Å². The van der Waals surface area contributed by atoms with E-state index < -0.39 is 0 Å². The van der Waals surface area contributed by atoms with Crippen LogP contribution < -0.4 is 10.1 Å². The molecule has 2 N–H and O–H groups in total. The lowest BCUT2D eigenvalue weighted by Crippen LogP contribution is -2.34. The predicted octanol–water partition coefficient (Wildman–Crippen LogP) is 3.80. The smallest absolute Gasteiger partial charge is 0.230 e. The van der Waals surface area contributed by atoms with Crippen LogP contribution in [0, 0.1) is 0 Å². The number of aryl methyl sites for hydroxylation is 1. The van der Waals surface area contributed by atoms with Crippen LogP contribution in [0.15, 0.2) is 53.7 Å². The first kappa shape index (κ1) is 18.3. The SMILES string of the molecule is COc1ccc2nc(SCC(=O)N[C@@H](C)CCc3ccccc3)[nH]c2c1. The highest BCUT2D eigenvalue weighted by atomic mass is 32.2. The maximum absolute atomic E-state index is 12.2. The molecule has 5 nitrogen and oxygen atoms in total. The standard InChI is InChI=1S/C20H23N3O2S/c1-14(8-9-15-6-4-3-5-7-15)21-19(24)13-26-20-22-17-11-10-16(25-2)12-18(17)23-20/h3-7,10-12,14H,8-9,13H2,1-2H3,(H,21,24)(H,22,23)/t14-/m0/s1. The normalized spacial score (nSPS) is 12.1. The van der Waals surface area contributed by atoms with Crippen molar-refractivity contribution in [1.29, 1.82) is 0 Å². The third-order valence-corrected chi connectivity index (χ3v) is 5.00. The zero-order valence-electron chi connectivity index (χ0n) is 15.0. The van der Waals surface area contributed by atoms with Crippen LogP contribution in [0.3, 0.4) is 0 Å². The summed E-state index contributed by atoms with van der Waals surface area (Å²) in [6.07, 6.45) is 1.88. The van der Waals surface area contributed by atoms with Gasteiger partial charge in [-0.2, -0.15) is 0 Å². The molecule has 0 radical (unpaired) electrons. The van der Waals surface area contributed by atoms with Gasteiger partial charge in [-0.1, -0.05) is 42.1 Å². The molecule has 0 spiro atoms. The Bertz CT molecular complexity index is 864. The highest BCUT2D eigenvalue weighted by Gasteiger charge is 2.10. The number of thioether (sulfide) groups is 1. The van der Waals surface area contributed by atoms with Crippen LogP contribution in [0.2, 0.25) is 0 Å². The fourth-order valence-electron chi connectivity index (χ4n) is 2.71. The third-order valence-electron chi connectivity index (χ3n) is 4.12. The van der Waals surface area contributed by atoms with Crippen LogP contribution in [0.4, 0.5) is 0 Å². The lowest BCUT2D eigenvalue weighted by atomic mass is 10.1. The molecule has 1 atom stereocenters. The molecule has 6 heteroatoms. The van der Waals surface area contributed by atoms with Crippen LogP contribution in [0.1, 0.15) is 18.9 Å². The molecular formula is C20H23N3O2S. The molecule has 0 aliphatic heterocycles. The Balaban J connectivity index is 1.46. The number of fused-ring (bicyclic) bond motifs is 1. The van der Waals surface area contributed by atoms with Gasteiger partial charge in [0.15, 0.2) is 5.16 Å². The molecule has 0 bridgehead atoms. The van der Waals surface area contributed by atoms with E-state index in [2.05, 4.69) is 27.4 Å². The first-order chi connectivity index (χ1) is 12.6. The lowest BCUT2D eigenvalue weighted by Gasteiger charge is -2.13. The number of methoxy groups -OCH3 is 1. The Kier molecular flexibility index (Phi) is 6.17. The average Bonchev–Trinajstić information content (AvgIpc) is 3.07. The molecule has 0 saturated carbocycles. The van der Waals surface area contributed by atoms with E-state index in [0.29, 0.717) is 5.75 Å². The highest BCUT2D eigenvalue weighted by Crippen LogP contribution is 2.23. The first-order valence-electron chi connectivity index (χ1n) is 8.64. The largest absolute Gasteiger partial charge is 0.497 e. The molecule has 0 saturated heterocycles. The molecule has 1 amide bonds. The number of nitrogens with one attached hydrogen (secondary N) is 2. The number of hydrogen-bond donors (Lipinski definition) is 2. The quantitative estimate of drug-likeness (QED) is 0.593. The van der Waals surface area contributed by atoms with Gasteiger partial charge in [-0.25, -0.2) is 4.98 Å². The monoisotopic (exact) mass is 369 g/mol. The zero-order valence-corrected chi connectivity index (χ0v) is 15.8. The van der Waals surface area contributed by atoms with Crippen molar-refractivity contribution < 1.29 is 9.53 Å². The number of nitrogens with zero attached hydrogens (tertiary/aromatic N) is 1. The number of carbonyl (C=O) groups is 1. The van der Waals surface area contributed by atoms with Gasteiger partial charge in [-0.15, -0.1) is 0 Å². The van der Waals surface area contributed by atoms with Crippen LogP contribution in [-0.4, -0.2) is 34.8 Å². The van der Waals surface area contributed by atoms with Gasteiger partial charge in [0.05, 0.1) is 23.9 Å². The molecule has 3 rings (SSSR count). The molecule has 2 aromatic carbocycles. The van der Waals surface area contributed by atoms with Gasteiger partial charge in [0.1, 0.15) is 5.75 Å². The number of imidazole rings is 1. The van der Waals surface area contributed by atoms with Crippen molar-refractivity contribution in [1.82, 2.24) is 15.3 Å². The van der Waals surface area contributed by atoms with Crippen molar-refractivity contribution in [2.24, 2.45) is 0 Å². The Morgan fingerprint density at radius 1 is 1.27 bits per heavy atom. The Morgan fingerprint density at radius 2 is 2.08 bits per heavy atom. The molecule has 0 fully saturated rings. The second-order valence-electron chi connectivity index (χ2n) is 6.21. The van der Waals surface area contributed by atoms with Crippen molar-refractivity contribution in [3.8, 4) is 5.75 Å². The molecule has 26 heavy (non-hydrogen) atoms. The van der Waals surface area contributed by atoms with E-state index in [0.717, 1.165) is 34.8 Å². The summed E-state index contributed by atoms with van der Waals surface area (Å²) in [6, 6.07) is 16.1. The minimum Gasteiger partial charge on any atom is -0.497 e. The van der Waals surface area contributed by atoms with E-state index in [1.165, 1.54) is 17.3 Å². The summed E-state index contributed by atoms with van der Waals surface area (Å²) in [7, 11) is 1.64. The van der Waals surface area contributed by atoms with Crippen LogP contribution >= 0.6 is 11.8 Å². The number of benzene rings is 2. The van der Waals surface area contributed by atoms with E-state index in [-0.39, 0.29) is 11.9 Å². The molecule has 0 aliphatic carbocycles. The molecule has 1 aromatic heterocycles. The van der Waals surface area contributed by atoms with Crippen molar-refractivity contribution in [2.45, 2.75) is 31.0 Å². The van der Waals surface area contributed by atoms with E-state index in [1.54, 1.807) is 7.11 Å². The van der Waals surface area contributed by atoms with E-state index in [4.69, 9.17) is 4.74 Å². The van der Waals surface area contributed by atoms with Gasteiger partial charge < -0.3 is 15.0 Å². The number of carbonyl (C=O) groups excluding carboxylic acids is 1. The number of amides is 1.